The highest BCUT2D eigenvalue weighted by Gasteiger charge is 2.26. The van der Waals surface area contributed by atoms with Crippen LogP contribution in [0.1, 0.15) is 25.1 Å². The normalized spacial score (nSPS) is 18.8. The smallest absolute Gasteiger partial charge is 0.347 e. The minimum Gasteiger partial charge on any atom is -0.366 e. The van der Waals surface area contributed by atoms with Gasteiger partial charge in [-0.2, -0.15) is 5.10 Å². The van der Waals surface area contributed by atoms with Crippen molar-refractivity contribution < 1.29 is 4.74 Å². The van der Waals surface area contributed by atoms with Gasteiger partial charge in [-0.3, -0.25) is 4.90 Å². The Balaban J connectivity index is 1.15. The van der Waals surface area contributed by atoms with E-state index in [-0.39, 0.29) is 5.69 Å². The van der Waals surface area contributed by atoms with Crippen LogP contribution >= 0.6 is 0 Å². The largest absolute Gasteiger partial charge is 0.366 e. The van der Waals surface area contributed by atoms with Gasteiger partial charge in [0.05, 0.1) is 36.4 Å². The zero-order valence-electron chi connectivity index (χ0n) is 19.5. The maximum absolute atomic E-state index is 12.6. The standard InChI is InChI=1S/C26H30N6O2/c1-30-16-27-23-13-21(6-9-24(23)30)20-4-7-22(8-5-20)32-25(28-29-26(32)33)12-19-10-11-31(14-19)17-34-15-18-2-3-18/h4-9,13,16,18-19H,2-3,10-12,14-15,17H2,1H3,(H,29,33)/t19-/m0/s1. The quantitative estimate of drug-likeness (QED) is 0.438. The Morgan fingerprint density at radius 2 is 1.88 bits per heavy atom. The first-order chi connectivity index (χ1) is 16.6. The molecule has 1 saturated carbocycles. The molecular weight excluding hydrogens is 428 g/mol. The predicted molar refractivity (Wildman–Crippen MR) is 131 cm³/mol. The molecule has 8 nitrogen and oxygen atoms in total. The van der Waals surface area contributed by atoms with Gasteiger partial charge in [0.25, 0.3) is 0 Å². The van der Waals surface area contributed by atoms with Crippen LogP contribution < -0.4 is 5.69 Å². The van der Waals surface area contributed by atoms with Gasteiger partial charge in [0, 0.05) is 26.6 Å². The fraction of sp³-hybridized carbons (Fsp3) is 0.423. The van der Waals surface area contributed by atoms with Crippen LogP contribution in [0.4, 0.5) is 0 Å². The third-order valence-electron chi connectivity index (χ3n) is 7.09. The van der Waals surface area contributed by atoms with E-state index < -0.39 is 0 Å². The molecule has 0 spiro atoms. The Morgan fingerprint density at radius 3 is 2.71 bits per heavy atom. The second-order valence-corrected chi connectivity index (χ2v) is 9.77. The molecule has 0 unspecified atom stereocenters. The van der Waals surface area contributed by atoms with Crippen molar-refractivity contribution in [1.82, 2.24) is 29.2 Å². The fourth-order valence-corrected chi connectivity index (χ4v) is 4.94. The SMILES string of the molecule is Cn1cnc2cc(-c3ccc(-n4c(C[C@@H]5CCN(COCC6CC6)C5)n[nH]c4=O)cc3)ccc21. The second kappa shape index (κ2) is 8.85. The highest BCUT2D eigenvalue weighted by molar-refractivity contribution is 5.82. The van der Waals surface area contributed by atoms with E-state index in [1.165, 1.54) is 12.8 Å². The number of imidazole rings is 1. The third-order valence-corrected chi connectivity index (χ3v) is 7.09. The average Bonchev–Trinajstić information content (AvgIpc) is 3.27. The molecule has 6 rings (SSSR count). The molecule has 3 heterocycles. The predicted octanol–water partition coefficient (Wildman–Crippen LogP) is 3.36. The summed E-state index contributed by atoms with van der Waals surface area (Å²) in [6.45, 7) is 3.64. The number of nitrogens with one attached hydrogen (secondary N) is 1. The summed E-state index contributed by atoms with van der Waals surface area (Å²) < 4.78 is 9.57. The van der Waals surface area contributed by atoms with Gasteiger partial charge in [-0.05, 0) is 66.5 Å². The van der Waals surface area contributed by atoms with Crippen LogP contribution in [0.2, 0.25) is 0 Å². The Kier molecular flexibility index (Phi) is 5.55. The summed E-state index contributed by atoms with van der Waals surface area (Å²) in [5.74, 6) is 2.06. The number of hydrogen-bond donors (Lipinski definition) is 1. The fourth-order valence-electron chi connectivity index (χ4n) is 4.94. The highest BCUT2D eigenvalue weighted by Crippen LogP contribution is 2.29. The summed E-state index contributed by atoms with van der Waals surface area (Å²) in [5.41, 5.74) is 4.91. The molecule has 1 saturated heterocycles. The van der Waals surface area contributed by atoms with Crippen molar-refractivity contribution in [2.45, 2.75) is 25.7 Å². The zero-order valence-corrected chi connectivity index (χ0v) is 19.5. The van der Waals surface area contributed by atoms with Gasteiger partial charge in [0.15, 0.2) is 0 Å². The van der Waals surface area contributed by atoms with E-state index in [1.807, 2.05) is 30.1 Å². The summed E-state index contributed by atoms with van der Waals surface area (Å²) in [5, 5.41) is 7.01. The van der Waals surface area contributed by atoms with Crippen LogP contribution in [0.15, 0.2) is 53.6 Å². The van der Waals surface area contributed by atoms with Gasteiger partial charge in [-0.15, -0.1) is 0 Å². The van der Waals surface area contributed by atoms with Crippen LogP contribution in [0.25, 0.3) is 27.8 Å². The molecule has 2 aliphatic rings. The molecule has 1 aliphatic heterocycles. The van der Waals surface area contributed by atoms with Gasteiger partial charge in [-0.1, -0.05) is 18.2 Å². The van der Waals surface area contributed by atoms with Crippen molar-refractivity contribution >= 4 is 11.0 Å². The molecule has 0 radical (unpaired) electrons. The lowest BCUT2D eigenvalue weighted by atomic mass is 10.0. The minimum atomic E-state index is -0.194. The number of hydrogen-bond acceptors (Lipinski definition) is 5. The first kappa shape index (κ1) is 21.3. The van der Waals surface area contributed by atoms with Gasteiger partial charge in [0.2, 0.25) is 0 Å². The van der Waals surface area contributed by atoms with E-state index in [2.05, 4.69) is 50.4 Å². The van der Waals surface area contributed by atoms with Crippen LogP contribution in [-0.2, 0) is 18.2 Å². The molecule has 34 heavy (non-hydrogen) atoms. The zero-order chi connectivity index (χ0) is 23.1. The van der Waals surface area contributed by atoms with Crippen molar-refractivity contribution in [1.29, 1.82) is 0 Å². The Bertz CT molecular complexity index is 1350. The highest BCUT2D eigenvalue weighted by atomic mass is 16.5. The summed E-state index contributed by atoms with van der Waals surface area (Å²) >= 11 is 0. The van der Waals surface area contributed by atoms with E-state index in [4.69, 9.17) is 4.74 Å². The summed E-state index contributed by atoms with van der Waals surface area (Å²) in [6.07, 6.45) is 6.34. The molecule has 1 N–H and O–H groups in total. The Hall–Kier alpha value is -3.23. The van der Waals surface area contributed by atoms with Gasteiger partial charge < -0.3 is 9.30 Å². The number of nitrogens with zero attached hydrogens (tertiary/aromatic N) is 5. The molecule has 4 aromatic rings. The number of H-pyrrole nitrogens is 1. The number of aromatic amines is 1. The first-order valence-electron chi connectivity index (χ1n) is 12.1. The monoisotopic (exact) mass is 458 g/mol. The molecule has 2 fully saturated rings. The number of rotatable bonds is 8. The lowest BCUT2D eigenvalue weighted by Gasteiger charge is -2.16. The van der Waals surface area contributed by atoms with Crippen molar-refractivity contribution in [2.24, 2.45) is 18.9 Å². The number of benzene rings is 2. The van der Waals surface area contributed by atoms with E-state index in [0.29, 0.717) is 12.6 Å². The summed E-state index contributed by atoms with van der Waals surface area (Å²) in [4.78, 5) is 19.4. The minimum absolute atomic E-state index is 0.194. The molecule has 0 amide bonds. The number of aryl methyl sites for hydroxylation is 1. The summed E-state index contributed by atoms with van der Waals surface area (Å²) in [7, 11) is 2.00. The van der Waals surface area contributed by atoms with Crippen molar-refractivity contribution in [3.05, 3.63) is 65.1 Å². The molecule has 1 atom stereocenters. The number of likely N-dealkylation sites (tertiary alicyclic amines) is 1. The van der Waals surface area contributed by atoms with Gasteiger partial charge in [0.1, 0.15) is 5.82 Å². The molecule has 2 aromatic carbocycles. The average molecular weight is 459 g/mol. The molecule has 8 heteroatoms. The maximum atomic E-state index is 12.6. The summed E-state index contributed by atoms with van der Waals surface area (Å²) in [6, 6.07) is 14.4. The van der Waals surface area contributed by atoms with Gasteiger partial charge in [-0.25, -0.2) is 19.4 Å². The van der Waals surface area contributed by atoms with Crippen LogP contribution in [-0.4, -0.2) is 55.6 Å². The van der Waals surface area contributed by atoms with Crippen LogP contribution in [0.5, 0.6) is 0 Å². The molecule has 0 bridgehead atoms. The van der Waals surface area contributed by atoms with Crippen LogP contribution in [0.3, 0.4) is 0 Å². The van der Waals surface area contributed by atoms with Gasteiger partial charge >= 0.3 is 5.69 Å². The number of aromatic nitrogens is 5. The van der Waals surface area contributed by atoms with E-state index >= 15 is 0 Å². The molecular formula is C26H30N6O2. The number of fused-ring (bicyclic) bond motifs is 1. The van der Waals surface area contributed by atoms with Crippen molar-refractivity contribution in [3.63, 3.8) is 0 Å². The van der Waals surface area contributed by atoms with Crippen LogP contribution in [0, 0.1) is 11.8 Å². The van der Waals surface area contributed by atoms with E-state index in [9.17, 15) is 4.79 Å². The molecule has 2 aromatic heterocycles. The maximum Gasteiger partial charge on any atom is 0.347 e. The lowest BCUT2D eigenvalue weighted by molar-refractivity contribution is 0.0339. The molecule has 176 valence electrons. The van der Waals surface area contributed by atoms with Crippen molar-refractivity contribution in [2.75, 3.05) is 26.4 Å². The third kappa shape index (κ3) is 4.31. The molecule has 1 aliphatic carbocycles. The van der Waals surface area contributed by atoms with Crippen molar-refractivity contribution in [3.8, 4) is 16.8 Å². The lowest BCUT2D eigenvalue weighted by Crippen LogP contribution is -2.25. The van der Waals surface area contributed by atoms with E-state index in [1.54, 1.807) is 4.57 Å². The second-order valence-electron chi connectivity index (χ2n) is 9.77. The first-order valence-corrected chi connectivity index (χ1v) is 12.1. The van der Waals surface area contributed by atoms with E-state index in [0.717, 1.165) is 72.1 Å². The topological polar surface area (TPSA) is 81.0 Å². The Morgan fingerprint density at radius 1 is 1.06 bits per heavy atom. The Labute approximate surface area is 198 Å². The number of ether oxygens (including phenoxy) is 1.